The van der Waals surface area contributed by atoms with Crippen molar-refractivity contribution in [3.05, 3.63) is 59.9 Å². The van der Waals surface area contributed by atoms with Crippen LogP contribution in [0.4, 0.5) is 5.69 Å². The minimum Gasteiger partial charge on any atom is -0.430 e. The van der Waals surface area contributed by atoms with E-state index >= 15 is 0 Å². The topological polar surface area (TPSA) is 7.12 Å². The number of rotatable bonds is 5. The molecule has 1 saturated heterocycles. The third-order valence-corrected chi connectivity index (χ3v) is 7.05. The highest BCUT2D eigenvalue weighted by Gasteiger charge is 2.50. The summed E-state index contributed by atoms with van der Waals surface area (Å²) in [5.41, 5.74) is 4.98. The van der Waals surface area contributed by atoms with Gasteiger partial charge >= 0.3 is 0 Å². The van der Waals surface area contributed by atoms with Crippen LogP contribution in [-0.4, -0.2) is 18.9 Å². The van der Waals surface area contributed by atoms with Crippen LogP contribution in [0.25, 0.3) is 0 Å². The van der Waals surface area contributed by atoms with Crippen molar-refractivity contribution in [2.75, 3.05) is 4.90 Å². The highest BCUT2D eigenvalue weighted by atomic mass is 15.3. The van der Waals surface area contributed by atoms with Gasteiger partial charge < -0.3 is 9.38 Å². The molecule has 1 aliphatic heterocycles. The van der Waals surface area contributed by atoms with Gasteiger partial charge in [-0.3, -0.25) is 0 Å². The van der Waals surface area contributed by atoms with Crippen LogP contribution in [0.2, 0.25) is 0 Å². The minimum absolute atomic E-state index is 0.154. The maximum Gasteiger partial charge on any atom is 0.274 e. The molecule has 0 unspecified atom stereocenters. The number of aromatic nitrogens is 1. The van der Waals surface area contributed by atoms with Crippen LogP contribution in [0.5, 0.6) is 0 Å². The second kappa shape index (κ2) is 7.57. The average Bonchev–Trinajstić information content (AvgIpc) is 2.78. The minimum atomic E-state index is -0.382. The molecule has 2 nitrogen and oxygen atoms in total. The lowest BCUT2D eigenvalue weighted by molar-refractivity contribution is -0.531. The fourth-order valence-corrected chi connectivity index (χ4v) is 5.91. The third-order valence-electron chi connectivity index (χ3n) is 7.05. The van der Waals surface area contributed by atoms with E-state index in [9.17, 15) is 0 Å². The molecule has 2 aromatic rings. The van der Waals surface area contributed by atoms with Crippen molar-refractivity contribution < 1.29 is 4.48 Å². The van der Waals surface area contributed by atoms with Crippen molar-refractivity contribution in [3.63, 3.8) is 0 Å². The standard InChI is InChI=1S/C25H39BN2/c1-18(2)20-13-12-14-21(19(3)4)22(20)28-23(24(5,6)17-25(28,7)8)26-27-15-10-9-11-16-27/h9-16,18-19,23H,17,26H2,1-8H3/t23-/m0/s1. The lowest BCUT2D eigenvalue weighted by Gasteiger charge is -2.44. The number of anilines is 1. The van der Waals surface area contributed by atoms with E-state index in [1.54, 1.807) is 0 Å². The molecule has 1 aromatic heterocycles. The highest BCUT2D eigenvalue weighted by molar-refractivity contribution is 6.29. The number of pyridine rings is 1. The molecule has 0 radical (unpaired) electrons. The quantitative estimate of drug-likeness (QED) is 0.649. The molecule has 152 valence electrons. The third kappa shape index (κ3) is 3.86. The van der Waals surface area contributed by atoms with Crippen molar-refractivity contribution >= 4 is 13.1 Å². The molecule has 0 amide bonds. The Morgan fingerprint density at radius 3 is 1.93 bits per heavy atom. The summed E-state index contributed by atoms with van der Waals surface area (Å²) in [6, 6.07) is 13.4. The molecule has 28 heavy (non-hydrogen) atoms. The first-order valence-electron chi connectivity index (χ1n) is 11.2. The largest absolute Gasteiger partial charge is 0.430 e. The molecule has 1 aromatic carbocycles. The Bertz CT molecular complexity index is 782. The van der Waals surface area contributed by atoms with E-state index in [1.807, 2.05) is 0 Å². The van der Waals surface area contributed by atoms with Gasteiger partial charge in [0.2, 0.25) is 0 Å². The number of hydrogen-bond acceptors (Lipinski definition) is 1. The molecule has 1 fully saturated rings. The number of nitrogens with zero attached hydrogens (tertiary/aromatic N) is 2. The van der Waals surface area contributed by atoms with Gasteiger partial charge in [0.1, 0.15) is 12.4 Å². The molecule has 0 spiro atoms. The highest BCUT2D eigenvalue weighted by Crippen LogP contribution is 2.51. The van der Waals surface area contributed by atoms with Gasteiger partial charge in [-0.25, -0.2) is 0 Å². The van der Waals surface area contributed by atoms with Crippen molar-refractivity contribution in [2.45, 2.75) is 85.1 Å². The van der Waals surface area contributed by atoms with Gasteiger partial charge in [-0.05, 0) is 66.7 Å². The zero-order chi connectivity index (χ0) is 20.7. The summed E-state index contributed by atoms with van der Waals surface area (Å²) in [6.45, 7) is 19.3. The van der Waals surface area contributed by atoms with Gasteiger partial charge in [0, 0.05) is 11.2 Å². The maximum atomic E-state index is 2.84. The monoisotopic (exact) mass is 378 g/mol. The van der Waals surface area contributed by atoms with E-state index in [0.29, 0.717) is 23.2 Å². The first-order valence-corrected chi connectivity index (χ1v) is 11.2. The molecular weight excluding hydrogens is 339 g/mol. The fraction of sp³-hybridized carbons (Fsp3) is 0.560. The Labute approximate surface area is 173 Å². The summed E-state index contributed by atoms with van der Waals surface area (Å²) in [4.78, 5) is 2.84. The Hall–Kier alpha value is -1.77. The predicted molar refractivity (Wildman–Crippen MR) is 124 cm³/mol. The van der Waals surface area contributed by atoms with Gasteiger partial charge in [0.25, 0.3) is 7.41 Å². The summed E-state index contributed by atoms with van der Waals surface area (Å²) < 4.78 is 2.48. The average molecular weight is 378 g/mol. The summed E-state index contributed by atoms with van der Waals surface area (Å²) in [5, 5.41) is 0. The normalized spacial score (nSPS) is 20.9. The van der Waals surface area contributed by atoms with Crippen LogP contribution in [-0.2, 0) is 0 Å². The van der Waals surface area contributed by atoms with E-state index in [0.717, 1.165) is 0 Å². The van der Waals surface area contributed by atoms with Crippen LogP contribution in [0.1, 0.15) is 84.8 Å². The Morgan fingerprint density at radius 1 is 0.893 bits per heavy atom. The van der Waals surface area contributed by atoms with Crippen LogP contribution >= 0.6 is 0 Å². The summed E-state index contributed by atoms with van der Waals surface area (Å²) in [6.07, 6.45) is 5.75. The molecule has 0 saturated carbocycles. The van der Waals surface area contributed by atoms with E-state index in [2.05, 4.69) is 114 Å². The van der Waals surface area contributed by atoms with E-state index < -0.39 is 0 Å². The smallest absolute Gasteiger partial charge is 0.274 e. The van der Waals surface area contributed by atoms with Crippen LogP contribution < -0.4 is 9.38 Å². The van der Waals surface area contributed by atoms with E-state index in [1.165, 1.54) is 23.2 Å². The number of hydrogen-bond donors (Lipinski definition) is 0. The molecule has 0 aliphatic carbocycles. The molecule has 3 rings (SSSR count). The van der Waals surface area contributed by atoms with E-state index in [4.69, 9.17) is 0 Å². The number of para-hydroxylation sites is 1. The Balaban J connectivity index is 2.19. The van der Waals surface area contributed by atoms with Crippen molar-refractivity contribution in [1.29, 1.82) is 0 Å². The lowest BCUT2D eigenvalue weighted by Crippen LogP contribution is -2.58. The van der Waals surface area contributed by atoms with Gasteiger partial charge in [0.15, 0.2) is 0 Å². The SMILES string of the molecule is CC(C)c1cccc(C(C)C)c1N1[C@H]([BH2-][n+]2ccccc2)C(C)(C)CC1(C)C. The molecule has 1 aliphatic rings. The second-order valence-electron chi connectivity index (χ2n) is 10.9. The summed E-state index contributed by atoms with van der Waals surface area (Å²) >= 11 is 0. The lowest BCUT2D eigenvalue weighted by atomic mass is 9.66. The van der Waals surface area contributed by atoms with Crippen LogP contribution in [0.15, 0.2) is 48.8 Å². The van der Waals surface area contributed by atoms with Crippen LogP contribution in [0.3, 0.4) is 0 Å². The molecule has 0 N–H and O–H groups in total. The van der Waals surface area contributed by atoms with Crippen LogP contribution in [0, 0.1) is 5.41 Å². The Morgan fingerprint density at radius 2 is 1.43 bits per heavy atom. The second-order valence-corrected chi connectivity index (χ2v) is 10.9. The predicted octanol–water partition coefficient (Wildman–Crippen LogP) is 5.19. The molecular formula is C25H39BN2. The molecule has 3 heteroatoms. The van der Waals surface area contributed by atoms with E-state index in [-0.39, 0.29) is 13.0 Å². The van der Waals surface area contributed by atoms with Crippen molar-refractivity contribution in [1.82, 2.24) is 0 Å². The zero-order valence-corrected chi connectivity index (χ0v) is 19.5. The summed E-state index contributed by atoms with van der Waals surface area (Å²) in [5.74, 6) is 1.63. The summed E-state index contributed by atoms with van der Waals surface area (Å²) in [7, 11) is -0.382. The zero-order valence-electron chi connectivity index (χ0n) is 19.5. The molecule has 1 atom stereocenters. The maximum absolute atomic E-state index is 2.84. The van der Waals surface area contributed by atoms with Gasteiger partial charge in [-0.2, -0.15) is 0 Å². The first kappa shape index (κ1) is 21.0. The fourth-order valence-electron chi connectivity index (χ4n) is 5.91. The van der Waals surface area contributed by atoms with Gasteiger partial charge in [-0.15, -0.1) is 0 Å². The first-order chi connectivity index (χ1) is 13.0. The molecule has 0 bridgehead atoms. The van der Waals surface area contributed by atoms with Crippen molar-refractivity contribution in [2.24, 2.45) is 5.41 Å². The molecule has 2 heterocycles. The van der Waals surface area contributed by atoms with Gasteiger partial charge in [0.05, 0.1) is 0 Å². The Kier molecular flexibility index (Phi) is 5.67. The number of benzene rings is 1. The van der Waals surface area contributed by atoms with Gasteiger partial charge in [-0.1, -0.05) is 65.8 Å². The van der Waals surface area contributed by atoms with Crippen molar-refractivity contribution in [3.8, 4) is 0 Å².